The van der Waals surface area contributed by atoms with Gasteiger partial charge in [0.1, 0.15) is 11.6 Å². The number of hydrogen-bond donors (Lipinski definition) is 1. The van der Waals surface area contributed by atoms with Crippen molar-refractivity contribution in [3.8, 4) is 0 Å². The summed E-state index contributed by atoms with van der Waals surface area (Å²) in [5.41, 5.74) is 7.03. The molecule has 0 atom stereocenters. The van der Waals surface area contributed by atoms with Crippen molar-refractivity contribution in [2.75, 3.05) is 5.73 Å². The fraction of sp³-hybridized carbons (Fsp3) is 0.357. The standard InChI is InChI=1S/C14H16N4/c15-14-17-12(16-13(18-14)11-7-8-11)9-6-10-4-2-1-3-5-10/h1-5,11H,6-9H2,(H2,15,16,17,18). The molecular formula is C14H16N4. The van der Waals surface area contributed by atoms with E-state index in [1.807, 2.05) is 18.2 Å². The Kier molecular flexibility index (Phi) is 2.92. The van der Waals surface area contributed by atoms with Crippen LogP contribution in [0.2, 0.25) is 0 Å². The molecular weight excluding hydrogens is 224 g/mol. The van der Waals surface area contributed by atoms with Gasteiger partial charge in [-0.1, -0.05) is 30.3 Å². The number of nitrogens with zero attached hydrogens (tertiary/aromatic N) is 3. The molecule has 3 rings (SSSR count). The molecule has 92 valence electrons. The van der Waals surface area contributed by atoms with E-state index in [0.29, 0.717) is 11.9 Å². The van der Waals surface area contributed by atoms with Crippen LogP contribution in [0.5, 0.6) is 0 Å². The first kappa shape index (κ1) is 11.1. The van der Waals surface area contributed by atoms with Crippen LogP contribution in [0.4, 0.5) is 5.95 Å². The van der Waals surface area contributed by atoms with Crippen LogP contribution >= 0.6 is 0 Å². The average molecular weight is 240 g/mol. The van der Waals surface area contributed by atoms with Crippen LogP contribution in [0.15, 0.2) is 30.3 Å². The van der Waals surface area contributed by atoms with E-state index in [9.17, 15) is 0 Å². The molecule has 1 aromatic carbocycles. The molecule has 2 aromatic rings. The van der Waals surface area contributed by atoms with E-state index in [1.54, 1.807) is 0 Å². The first-order chi connectivity index (χ1) is 8.81. The first-order valence-electron chi connectivity index (χ1n) is 6.35. The molecule has 1 fully saturated rings. The van der Waals surface area contributed by atoms with Gasteiger partial charge < -0.3 is 5.73 Å². The lowest BCUT2D eigenvalue weighted by atomic mass is 10.1. The number of benzene rings is 1. The summed E-state index contributed by atoms with van der Waals surface area (Å²) in [6, 6.07) is 10.4. The molecule has 4 nitrogen and oxygen atoms in total. The maximum Gasteiger partial charge on any atom is 0.223 e. The molecule has 1 aliphatic rings. The van der Waals surface area contributed by atoms with Crippen LogP contribution in [0.1, 0.15) is 36.0 Å². The molecule has 4 heteroatoms. The molecule has 1 aliphatic carbocycles. The Balaban J connectivity index is 1.72. The average Bonchev–Trinajstić information content (AvgIpc) is 3.21. The molecule has 1 saturated carbocycles. The normalized spacial score (nSPS) is 14.7. The lowest BCUT2D eigenvalue weighted by Crippen LogP contribution is -2.07. The van der Waals surface area contributed by atoms with Crippen molar-refractivity contribution in [3.05, 3.63) is 47.5 Å². The van der Waals surface area contributed by atoms with Crippen molar-refractivity contribution in [2.45, 2.75) is 31.6 Å². The van der Waals surface area contributed by atoms with E-state index in [2.05, 4.69) is 27.1 Å². The maximum atomic E-state index is 5.73. The monoisotopic (exact) mass is 240 g/mol. The quantitative estimate of drug-likeness (QED) is 0.889. The molecule has 0 saturated heterocycles. The summed E-state index contributed by atoms with van der Waals surface area (Å²) in [6.07, 6.45) is 4.12. The predicted octanol–water partition coefficient (Wildman–Crippen LogP) is 2.12. The van der Waals surface area contributed by atoms with Crippen LogP contribution in [0.25, 0.3) is 0 Å². The molecule has 0 bridgehead atoms. The second kappa shape index (κ2) is 4.72. The van der Waals surface area contributed by atoms with Gasteiger partial charge in [0.05, 0.1) is 0 Å². The van der Waals surface area contributed by atoms with Crippen LogP contribution in [0, 0.1) is 0 Å². The Bertz CT molecular complexity index is 535. The predicted molar refractivity (Wildman–Crippen MR) is 70.1 cm³/mol. The highest BCUT2D eigenvalue weighted by Gasteiger charge is 2.27. The minimum Gasteiger partial charge on any atom is -0.368 e. The summed E-state index contributed by atoms with van der Waals surface area (Å²) in [5.74, 6) is 2.57. The fourth-order valence-corrected chi connectivity index (χ4v) is 1.99. The molecule has 0 radical (unpaired) electrons. The van der Waals surface area contributed by atoms with E-state index in [-0.39, 0.29) is 0 Å². The third-order valence-electron chi connectivity index (χ3n) is 3.14. The number of nitrogens with two attached hydrogens (primary N) is 1. The van der Waals surface area contributed by atoms with Crippen molar-refractivity contribution in [1.82, 2.24) is 15.0 Å². The molecule has 2 N–H and O–H groups in total. The van der Waals surface area contributed by atoms with Gasteiger partial charge >= 0.3 is 0 Å². The smallest absolute Gasteiger partial charge is 0.223 e. The van der Waals surface area contributed by atoms with Gasteiger partial charge in [-0.25, -0.2) is 4.98 Å². The van der Waals surface area contributed by atoms with Crippen LogP contribution in [-0.2, 0) is 12.8 Å². The summed E-state index contributed by atoms with van der Waals surface area (Å²) in [7, 11) is 0. The van der Waals surface area contributed by atoms with Crippen molar-refractivity contribution >= 4 is 5.95 Å². The Labute approximate surface area is 106 Å². The first-order valence-corrected chi connectivity index (χ1v) is 6.35. The van der Waals surface area contributed by atoms with Crippen LogP contribution in [0.3, 0.4) is 0 Å². The lowest BCUT2D eigenvalue weighted by Gasteiger charge is -2.04. The van der Waals surface area contributed by atoms with Gasteiger partial charge in [-0.05, 0) is 24.8 Å². The van der Waals surface area contributed by atoms with Gasteiger partial charge in [-0.15, -0.1) is 0 Å². The topological polar surface area (TPSA) is 64.7 Å². The Morgan fingerprint density at radius 2 is 1.78 bits per heavy atom. The molecule has 18 heavy (non-hydrogen) atoms. The molecule has 0 amide bonds. The Morgan fingerprint density at radius 3 is 2.50 bits per heavy atom. The minimum atomic E-state index is 0.356. The van der Waals surface area contributed by atoms with Crippen molar-refractivity contribution < 1.29 is 0 Å². The third kappa shape index (κ3) is 2.64. The lowest BCUT2D eigenvalue weighted by molar-refractivity contribution is 0.794. The van der Waals surface area contributed by atoms with Crippen molar-refractivity contribution in [2.24, 2.45) is 0 Å². The number of anilines is 1. The minimum absolute atomic E-state index is 0.356. The molecule has 1 heterocycles. The number of hydrogen-bond acceptors (Lipinski definition) is 4. The highest BCUT2D eigenvalue weighted by Crippen LogP contribution is 2.38. The van der Waals surface area contributed by atoms with E-state index in [4.69, 9.17) is 5.73 Å². The van der Waals surface area contributed by atoms with E-state index in [1.165, 1.54) is 18.4 Å². The largest absolute Gasteiger partial charge is 0.368 e. The van der Waals surface area contributed by atoms with Gasteiger partial charge in [0.2, 0.25) is 5.95 Å². The van der Waals surface area contributed by atoms with Gasteiger partial charge in [0, 0.05) is 12.3 Å². The van der Waals surface area contributed by atoms with Crippen LogP contribution < -0.4 is 5.73 Å². The highest BCUT2D eigenvalue weighted by molar-refractivity contribution is 5.21. The van der Waals surface area contributed by atoms with Gasteiger partial charge in [-0.3, -0.25) is 0 Å². The number of aromatic nitrogens is 3. The van der Waals surface area contributed by atoms with Gasteiger partial charge in [0.15, 0.2) is 0 Å². The van der Waals surface area contributed by atoms with E-state index >= 15 is 0 Å². The fourth-order valence-electron chi connectivity index (χ4n) is 1.99. The van der Waals surface area contributed by atoms with Crippen molar-refractivity contribution in [1.29, 1.82) is 0 Å². The summed E-state index contributed by atoms with van der Waals surface area (Å²) in [6.45, 7) is 0. The molecule has 0 spiro atoms. The number of aryl methyl sites for hydroxylation is 2. The second-order valence-corrected chi connectivity index (χ2v) is 4.73. The zero-order valence-electron chi connectivity index (χ0n) is 10.2. The zero-order chi connectivity index (χ0) is 12.4. The summed E-state index contributed by atoms with van der Waals surface area (Å²) in [4.78, 5) is 12.9. The highest BCUT2D eigenvalue weighted by atomic mass is 15.1. The van der Waals surface area contributed by atoms with Crippen LogP contribution in [-0.4, -0.2) is 15.0 Å². The third-order valence-corrected chi connectivity index (χ3v) is 3.14. The van der Waals surface area contributed by atoms with E-state index in [0.717, 1.165) is 24.5 Å². The summed E-state index contributed by atoms with van der Waals surface area (Å²) < 4.78 is 0. The van der Waals surface area contributed by atoms with E-state index < -0.39 is 0 Å². The Morgan fingerprint density at radius 1 is 1.00 bits per heavy atom. The van der Waals surface area contributed by atoms with Gasteiger partial charge in [-0.2, -0.15) is 9.97 Å². The zero-order valence-corrected chi connectivity index (χ0v) is 10.2. The Hall–Kier alpha value is -1.97. The SMILES string of the molecule is Nc1nc(CCc2ccccc2)nc(C2CC2)n1. The molecule has 1 aromatic heterocycles. The second-order valence-electron chi connectivity index (χ2n) is 4.73. The molecule has 0 aliphatic heterocycles. The number of rotatable bonds is 4. The number of nitrogen functional groups attached to an aromatic ring is 1. The summed E-state index contributed by atoms with van der Waals surface area (Å²) >= 11 is 0. The maximum absolute atomic E-state index is 5.73. The molecule has 0 unspecified atom stereocenters. The summed E-state index contributed by atoms with van der Waals surface area (Å²) in [5, 5.41) is 0. The van der Waals surface area contributed by atoms with Gasteiger partial charge in [0.25, 0.3) is 0 Å². The van der Waals surface area contributed by atoms with Crippen molar-refractivity contribution in [3.63, 3.8) is 0 Å².